The summed E-state index contributed by atoms with van der Waals surface area (Å²) in [6.07, 6.45) is 4.54. The molecule has 0 aliphatic rings. The van der Waals surface area contributed by atoms with Crippen molar-refractivity contribution >= 4 is 5.97 Å². The van der Waals surface area contributed by atoms with Crippen molar-refractivity contribution < 1.29 is 9.53 Å². The average molecular weight is 249 g/mol. The van der Waals surface area contributed by atoms with Gasteiger partial charge in [0.25, 0.3) is 0 Å². The molecule has 3 nitrogen and oxygen atoms in total. The highest BCUT2D eigenvalue weighted by Crippen LogP contribution is 2.17. The van der Waals surface area contributed by atoms with Crippen molar-refractivity contribution in [2.24, 2.45) is 5.73 Å². The Balaban J connectivity index is 2.48. The maximum Gasteiger partial charge on any atom is 0.305 e. The predicted molar refractivity (Wildman–Crippen MR) is 73.2 cm³/mol. The molecule has 0 amide bonds. The number of hydrogen-bond donors (Lipinski definition) is 1. The molecule has 1 rings (SSSR count). The summed E-state index contributed by atoms with van der Waals surface area (Å²) in [5, 5.41) is 0. The Morgan fingerprint density at radius 2 is 2.00 bits per heavy atom. The van der Waals surface area contributed by atoms with Gasteiger partial charge in [0.05, 0.1) is 7.11 Å². The number of ether oxygens (including phenoxy) is 1. The Morgan fingerprint density at radius 1 is 1.33 bits per heavy atom. The SMILES string of the molecule is CCCCc1ccc(C(N)CCC(=O)OC)cc1. The highest BCUT2D eigenvalue weighted by Gasteiger charge is 2.09. The third-order valence-corrected chi connectivity index (χ3v) is 3.11. The van der Waals surface area contributed by atoms with Crippen LogP contribution in [0.2, 0.25) is 0 Å². The first kappa shape index (κ1) is 14.7. The van der Waals surface area contributed by atoms with Gasteiger partial charge in [0, 0.05) is 12.5 Å². The molecule has 0 aliphatic heterocycles. The zero-order valence-corrected chi connectivity index (χ0v) is 11.3. The van der Waals surface area contributed by atoms with Gasteiger partial charge in [0.15, 0.2) is 0 Å². The normalized spacial score (nSPS) is 12.2. The lowest BCUT2D eigenvalue weighted by Gasteiger charge is -2.12. The fourth-order valence-corrected chi connectivity index (χ4v) is 1.85. The molecule has 0 bridgehead atoms. The summed E-state index contributed by atoms with van der Waals surface area (Å²) in [6, 6.07) is 8.29. The second-order valence-corrected chi connectivity index (χ2v) is 4.57. The molecule has 0 radical (unpaired) electrons. The van der Waals surface area contributed by atoms with E-state index in [0.29, 0.717) is 12.8 Å². The van der Waals surface area contributed by atoms with Gasteiger partial charge in [-0.2, -0.15) is 0 Å². The number of carbonyl (C=O) groups excluding carboxylic acids is 1. The maximum absolute atomic E-state index is 11.0. The molecule has 0 aromatic heterocycles. The number of carbonyl (C=O) groups is 1. The first-order chi connectivity index (χ1) is 8.67. The summed E-state index contributed by atoms with van der Waals surface area (Å²) in [5.74, 6) is -0.204. The van der Waals surface area contributed by atoms with Gasteiger partial charge in [-0.25, -0.2) is 0 Å². The molecule has 2 N–H and O–H groups in total. The van der Waals surface area contributed by atoms with Crippen LogP contribution in [0.1, 0.15) is 49.8 Å². The predicted octanol–water partition coefficient (Wildman–Crippen LogP) is 2.98. The Hall–Kier alpha value is -1.35. The number of rotatable bonds is 7. The third kappa shape index (κ3) is 4.88. The average Bonchev–Trinajstić information content (AvgIpc) is 2.42. The number of hydrogen-bond acceptors (Lipinski definition) is 3. The lowest BCUT2D eigenvalue weighted by Crippen LogP contribution is -2.13. The van der Waals surface area contributed by atoms with Crippen LogP contribution in [0.3, 0.4) is 0 Å². The molecular weight excluding hydrogens is 226 g/mol. The van der Waals surface area contributed by atoms with Crippen molar-refractivity contribution in [2.45, 2.75) is 45.1 Å². The van der Waals surface area contributed by atoms with Gasteiger partial charge in [-0.1, -0.05) is 37.6 Å². The second kappa shape index (κ2) is 7.88. The summed E-state index contributed by atoms with van der Waals surface area (Å²) in [7, 11) is 1.40. The van der Waals surface area contributed by atoms with E-state index in [9.17, 15) is 4.79 Å². The number of nitrogens with two attached hydrogens (primary N) is 1. The maximum atomic E-state index is 11.0. The van der Waals surface area contributed by atoms with Gasteiger partial charge in [-0.15, -0.1) is 0 Å². The topological polar surface area (TPSA) is 52.3 Å². The van der Waals surface area contributed by atoms with Crippen LogP contribution in [0.25, 0.3) is 0 Å². The molecule has 1 atom stereocenters. The van der Waals surface area contributed by atoms with Crippen LogP contribution in [0.4, 0.5) is 0 Å². The Labute approximate surface area is 109 Å². The number of methoxy groups -OCH3 is 1. The first-order valence-corrected chi connectivity index (χ1v) is 6.58. The minimum atomic E-state index is -0.204. The van der Waals surface area contributed by atoms with Crippen LogP contribution in [0.5, 0.6) is 0 Å². The summed E-state index contributed by atoms with van der Waals surface area (Å²) >= 11 is 0. The fourth-order valence-electron chi connectivity index (χ4n) is 1.85. The minimum absolute atomic E-state index is 0.0932. The lowest BCUT2D eigenvalue weighted by atomic mass is 10.00. The summed E-state index contributed by atoms with van der Waals surface area (Å²) in [4.78, 5) is 11.0. The van der Waals surface area contributed by atoms with Crippen molar-refractivity contribution in [2.75, 3.05) is 7.11 Å². The monoisotopic (exact) mass is 249 g/mol. The van der Waals surface area contributed by atoms with Gasteiger partial charge in [-0.3, -0.25) is 4.79 Å². The zero-order chi connectivity index (χ0) is 13.4. The van der Waals surface area contributed by atoms with Crippen molar-refractivity contribution in [1.29, 1.82) is 0 Å². The van der Waals surface area contributed by atoms with Crippen molar-refractivity contribution in [3.8, 4) is 0 Å². The largest absolute Gasteiger partial charge is 0.469 e. The Bertz CT molecular complexity index is 359. The minimum Gasteiger partial charge on any atom is -0.469 e. The molecular formula is C15H23NO2. The van der Waals surface area contributed by atoms with Gasteiger partial charge >= 0.3 is 5.97 Å². The molecule has 1 aromatic rings. The van der Waals surface area contributed by atoms with Crippen molar-refractivity contribution in [3.05, 3.63) is 35.4 Å². The molecule has 0 spiro atoms. The van der Waals surface area contributed by atoms with Crippen LogP contribution in [-0.4, -0.2) is 13.1 Å². The van der Waals surface area contributed by atoms with E-state index >= 15 is 0 Å². The highest BCUT2D eigenvalue weighted by atomic mass is 16.5. The van der Waals surface area contributed by atoms with Crippen LogP contribution in [0.15, 0.2) is 24.3 Å². The molecule has 0 heterocycles. The third-order valence-electron chi connectivity index (χ3n) is 3.11. The smallest absolute Gasteiger partial charge is 0.305 e. The van der Waals surface area contributed by atoms with Crippen LogP contribution < -0.4 is 5.73 Å². The Kier molecular flexibility index (Phi) is 6.44. The molecule has 0 fully saturated rings. The van der Waals surface area contributed by atoms with E-state index < -0.39 is 0 Å². The van der Waals surface area contributed by atoms with E-state index in [-0.39, 0.29) is 12.0 Å². The molecule has 1 aromatic carbocycles. The summed E-state index contributed by atoms with van der Waals surface area (Å²) in [5.41, 5.74) is 8.47. The zero-order valence-electron chi connectivity index (χ0n) is 11.3. The Morgan fingerprint density at radius 3 is 2.56 bits per heavy atom. The number of aryl methyl sites for hydroxylation is 1. The molecule has 18 heavy (non-hydrogen) atoms. The van der Waals surface area contributed by atoms with Crippen LogP contribution in [-0.2, 0) is 16.0 Å². The standard InChI is InChI=1S/C15H23NO2/c1-3-4-5-12-6-8-13(9-7-12)14(16)10-11-15(17)18-2/h6-9,14H,3-5,10-11,16H2,1-2H3. The second-order valence-electron chi connectivity index (χ2n) is 4.57. The lowest BCUT2D eigenvalue weighted by molar-refractivity contribution is -0.140. The number of esters is 1. The summed E-state index contributed by atoms with van der Waals surface area (Å²) < 4.78 is 4.61. The van der Waals surface area contributed by atoms with E-state index in [4.69, 9.17) is 5.73 Å². The highest BCUT2D eigenvalue weighted by molar-refractivity contribution is 5.69. The molecule has 0 aliphatic carbocycles. The van der Waals surface area contributed by atoms with Gasteiger partial charge in [0.2, 0.25) is 0 Å². The molecule has 0 saturated carbocycles. The van der Waals surface area contributed by atoms with Crippen molar-refractivity contribution in [3.63, 3.8) is 0 Å². The number of unbranched alkanes of at least 4 members (excludes halogenated alkanes) is 1. The van der Waals surface area contributed by atoms with Gasteiger partial charge in [0.1, 0.15) is 0 Å². The first-order valence-electron chi connectivity index (χ1n) is 6.58. The van der Waals surface area contributed by atoms with Crippen LogP contribution >= 0.6 is 0 Å². The molecule has 100 valence electrons. The van der Waals surface area contributed by atoms with E-state index in [1.807, 2.05) is 0 Å². The van der Waals surface area contributed by atoms with E-state index in [0.717, 1.165) is 12.0 Å². The van der Waals surface area contributed by atoms with E-state index in [2.05, 4.69) is 35.9 Å². The van der Waals surface area contributed by atoms with Gasteiger partial charge in [-0.05, 0) is 30.4 Å². The molecule has 3 heteroatoms. The van der Waals surface area contributed by atoms with Gasteiger partial charge < -0.3 is 10.5 Å². The molecule has 0 saturated heterocycles. The summed E-state index contributed by atoms with van der Waals surface area (Å²) in [6.45, 7) is 2.19. The van der Waals surface area contributed by atoms with Crippen molar-refractivity contribution in [1.82, 2.24) is 0 Å². The molecule has 1 unspecified atom stereocenters. The van der Waals surface area contributed by atoms with Crippen LogP contribution in [0, 0.1) is 0 Å². The van der Waals surface area contributed by atoms with E-state index in [1.165, 1.54) is 25.5 Å². The number of benzene rings is 1. The van der Waals surface area contributed by atoms with E-state index in [1.54, 1.807) is 0 Å². The quantitative estimate of drug-likeness (QED) is 0.756. The fraction of sp³-hybridized carbons (Fsp3) is 0.533.